The van der Waals surface area contributed by atoms with Crippen LogP contribution in [0.25, 0.3) is 11.1 Å². The van der Waals surface area contributed by atoms with Gasteiger partial charge in [0.1, 0.15) is 6.61 Å². The van der Waals surface area contributed by atoms with Crippen LogP contribution in [0.1, 0.15) is 50.2 Å². The number of alkyl carbamates (subject to hydrolysis) is 1. The molecule has 3 N–H and O–H groups in total. The lowest BCUT2D eigenvalue weighted by Crippen LogP contribution is -2.45. The van der Waals surface area contributed by atoms with Gasteiger partial charge in [-0.05, 0) is 41.0 Å². The van der Waals surface area contributed by atoms with Crippen molar-refractivity contribution in [2.45, 2.75) is 51.1 Å². The maximum absolute atomic E-state index is 12.7. The Morgan fingerprint density at radius 3 is 2.26 bits per heavy atom. The number of aliphatic carboxylic acids is 1. The molecule has 0 aromatic heterocycles. The van der Waals surface area contributed by atoms with Crippen molar-refractivity contribution in [1.29, 1.82) is 0 Å². The third-order valence-electron chi connectivity index (χ3n) is 6.88. The van der Waals surface area contributed by atoms with Crippen LogP contribution in [0, 0.1) is 11.8 Å². The molecule has 184 valence electrons. The quantitative estimate of drug-likeness (QED) is 0.488. The van der Waals surface area contributed by atoms with Crippen molar-refractivity contribution in [3.05, 3.63) is 71.8 Å². The summed E-state index contributed by atoms with van der Waals surface area (Å²) >= 11 is 0. The maximum Gasteiger partial charge on any atom is 0.407 e. The predicted molar refractivity (Wildman–Crippen MR) is 133 cm³/mol. The van der Waals surface area contributed by atoms with E-state index in [1.165, 1.54) is 0 Å². The molecular formula is C28H32N2O5. The van der Waals surface area contributed by atoms with Crippen LogP contribution in [0.5, 0.6) is 0 Å². The summed E-state index contributed by atoms with van der Waals surface area (Å²) in [5, 5.41) is 15.0. The predicted octanol–water partition coefficient (Wildman–Crippen LogP) is 4.48. The Kier molecular flexibility index (Phi) is 7.54. The molecule has 35 heavy (non-hydrogen) atoms. The topological polar surface area (TPSA) is 105 Å². The SMILES string of the molecule is CC(C)C(CC(=O)N[C@H]1C=CC[C@H](C(=O)O)C1)NC(=O)OCC1c2ccccc2-c2ccccc21. The number of amides is 2. The third kappa shape index (κ3) is 5.73. The van der Waals surface area contributed by atoms with Gasteiger partial charge in [-0.2, -0.15) is 0 Å². The zero-order valence-corrected chi connectivity index (χ0v) is 20.1. The summed E-state index contributed by atoms with van der Waals surface area (Å²) in [5.74, 6) is -1.61. The lowest BCUT2D eigenvalue weighted by atomic mass is 9.91. The molecule has 0 heterocycles. The van der Waals surface area contributed by atoms with Gasteiger partial charge >= 0.3 is 12.1 Å². The second-order valence-electron chi connectivity index (χ2n) is 9.63. The van der Waals surface area contributed by atoms with Crippen LogP contribution >= 0.6 is 0 Å². The van der Waals surface area contributed by atoms with Crippen molar-refractivity contribution < 1.29 is 24.2 Å². The summed E-state index contributed by atoms with van der Waals surface area (Å²) in [5.41, 5.74) is 4.61. The van der Waals surface area contributed by atoms with Gasteiger partial charge < -0.3 is 20.5 Å². The van der Waals surface area contributed by atoms with Crippen LogP contribution in [0.2, 0.25) is 0 Å². The summed E-state index contributed by atoms with van der Waals surface area (Å²) < 4.78 is 5.63. The van der Waals surface area contributed by atoms with Gasteiger partial charge in [-0.1, -0.05) is 74.5 Å². The molecule has 0 aliphatic heterocycles. The molecule has 2 aromatic carbocycles. The van der Waals surface area contributed by atoms with Crippen LogP contribution in [-0.4, -0.2) is 41.8 Å². The van der Waals surface area contributed by atoms with E-state index in [9.17, 15) is 19.5 Å². The Morgan fingerprint density at radius 1 is 1.03 bits per heavy atom. The van der Waals surface area contributed by atoms with E-state index in [0.29, 0.717) is 12.8 Å². The number of carboxylic acids is 1. The first-order valence-electron chi connectivity index (χ1n) is 12.1. The van der Waals surface area contributed by atoms with Crippen LogP contribution in [-0.2, 0) is 14.3 Å². The zero-order chi connectivity index (χ0) is 24.9. The number of hydrogen-bond acceptors (Lipinski definition) is 4. The molecule has 1 unspecified atom stereocenters. The van der Waals surface area contributed by atoms with Gasteiger partial charge in [-0.3, -0.25) is 9.59 Å². The summed E-state index contributed by atoms with van der Waals surface area (Å²) in [6.45, 7) is 4.08. The molecule has 2 amide bonds. The monoisotopic (exact) mass is 476 g/mol. The molecular weight excluding hydrogens is 444 g/mol. The number of allylic oxidation sites excluding steroid dienone is 1. The van der Waals surface area contributed by atoms with Gasteiger partial charge in [0, 0.05) is 24.4 Å². The number of fused-ring (bicyclic) bond motifs is 3. The zero-order valence-electron chi connectivity index (χ0n) is 20.1. The van der Waals surface area contributed by atoms with Gasteiger partial charge in [-0.15, -0.1) is 0 Å². The number of hydrogen-bond donors (Lipinski definition) is 3. The number of nitrogens with one attached hydrogen (secondary N) is 2. The number of carbonyl (C=O) groups excluding carboxylic acids is 2. The fourth-order valence-electron chi connectivity index (χ4n) is 4.91. The summed E-state index contributed by atoms with van der Waals surface area (Å²) in [7, 11) is 0. The van der Waals surface area contributed by atoms with Gasteiger partial charge in [0.05, 0.1) is 5.92 Å². The summed E-state index contributed by atoms with van der Waals surface area (Å²) in [4.78, 5) is 36.6. The first kappa shape index (κ1) is 24.5. The number of carbonyl (C=O) groups is 3. The van der Waals surface area contributed by atoms with Crippen molar-refractivity contribution in [2.24, 2.45) is 11.8 Å². The van der Waals surface area contributed by atoms with Crippen LogP contribution in [0.3, 0.4) is 0 Å². The molecule has 2 aliphatic rings. The Morgan fingerprint density at radius 2 is 1.66 bits per heavy atom. The van der Waals surface area contributed by atoms with Crippen molar-refractivity contribution >= 4 is 18.0 Å². The lowest BCUT2D eigenvalue weighted by Gasteiger charge is -2.26. The van der Waals surface area contributed by atoms with E-state index in [1.54, 1.807) is 6.08 Å². The maximum atomic E-state index is 12.7. The minimum absolute atomic E-state index is 0.00917. The van der Waals surface area contributed by atoms with E-state index < -0.39 is 24.0 Å². The fourth-order valence-corrected chi connectivity index (χ4v) is 4.91. The van der Waals surface area contributed by atoms with Crippen LogP contribution < -0.4 is 10.6 Å². The lowest BCUT2D eigenvalue weighted by molar-refractivity contribution is -0.142. The molecule has 7 heteroatoms. The Balaban J connectivity index is 1.33. The van der Waals surface area contributed by atoms with E-state index in [4.69, 9.17) is 4.74 Å². The number of carboxylic acid groups (broad SMARTS) is 1. The second-order valence-corrected chi connectivity index (χ2v) is 9.63. The smallest absolute Gasteiger partial charge is 0.407 e. The molecule has 0 bridgehead atoms. The van der Waals surface area contributed by atoms with Crippen LogP contribution in [0.15, 0.2) is 60.7 Å². The highest BCUT2D eigenvalue weighted by molar-refractivity contribution is 5.80. The molecule has 0 saturated heterocycles. The average molecular weight is 477 g/mol. The molecule has 3 atom stereocenters. The highest BCUT2D eigenvalue weighted by Crippen LogP contribution is 2.44. The van der Waals surface area contributed by atoms with E-state index in [-0.39, 0.29) is 36.8 Å². The molecule has 2 aromatic rings. The average Bonchev–Trinajstić information content (AvgIpc) is 3.16. The Hall–Kier alpha value is -3.61. The largest absolute Gasteiger partial charge is 0.481 e. The summed E-state index contributed by atoms with van der Waals surface area (Å²) in [6, 6.07) is 15.6. The van der Waals surface area contributed by atoms with Gasteiger partial charge in [0.15, 0.2) is 0 Å². The van der Waals surface area contributed by atoms with Crippen molar-refractivity contribution in [3.63, 3.8) is 0 Å². The highest BCUT2D eigenvalue weighted by Gasteiger charge is 2.30. The number of benzene rings is 2. The molecule has 4 rings (SSSR count). The first-order chi connectivity index (χ1) is 16.8. The molecule has 2 aliphatic carbocycles. The minimum atomic E-state index is -0.856. The fraction of sp³-hybridized carbons (Fsp3) is 0.393. The molecule has 7 nitrogen and oxygen atoms in total. The van der Waals surface area contributed by atoms with Gasteiger partial charge in [0.25, 0.3) is 0 Å². The van der Waals surface area contributed by atoms with Crippen molar-refractivity contribution in [1.82, 2.24) is 10.6 Å². The number of rotatable bonds is 8. The molecule has 0 spiro atoms. The van der Waals surface area contributed by atoms with Crippen molar-refractivity contribution in [2.75, 3.05) is 6.61 Å². The van der Waals surface area contributed by atoms with E-state index in [1.807, 2.05) is 44.2 Å². The van der Waals surface area contributed by atoms with E-state index in [0.717, 1.165) is 22.3 Å². The minimum Gasteiger partial charge on any atom is -0.481 e. The highest BCUT2D eigenvalue weighted by atomic mass is 16.5. The first-order valence-corrected chi connectivity index (χ1v) is 12.1. The van der Waals surface area contributed by atoms with Crippen molar-refractivity contribution in [3.8, 4) is 11.1 Å². The Bertz CT molecular complexity index is 1080. The second kappa shape index (κ2) is 10.8. The van der Waals surface area contributed by atoms with E-state index >= 15 is 0 Å². The number of ether oxygens (including phenoxy) is 1. The molecule has 0 radical (unpaired) electrons. The van der Waals surface area contributed by atoms with Crippen LogP contribution in [0.4, 0.5) is 4.79 Å². The normalized spacial score (nSPS) is 19.5. The van der Waals surface area contributed by atoms with Gasteiger partial charge in [0.2, 0.25) is 5.91 Å². The molecule has 0 saturated carbocycles. The van der Waals surface area contributed by atoms with E-state index in [2.05, 4.69) is 34.9 Å². The Labute approximate surface area is 205 Å². The summed E-state index contributed by atoms with van der Waals surface area (Å²) in [6.07, 6.45) is 4.00. The van der Waals surface area contributed by atoms with Gasteiger partial charge in [-0.25, -0.2) is 4.79 Å². The third-order valence-corrected chi connectivity index (χ3v) is 6.88. The standard InChI is InChI=1S/C28H32N2O5/c1-17(2)25(15-26(31)29-19-9-7-8-18(14-19)27(32)33)30-28(34)35-16-24-22-12-5-3-10-20(22)21-11-4-6-13-23(21)24/h3-7,9-13,17-19,24-25H,8,14-16H2,1-2H3,(H,29,31)(H,30,34)(H,32,33)/t18-,19-,25?/m0/s1. The molecule has 0 fully saturated rings.